The topological polar surface area (TPSA) is 71.7 Å². The molecule has 7 nitrogen and oxygen atoms in total. The molecule has 0 saturated carbocycles. The van der Waals surface area contributed by atoms with Crippen molar-refractivity contribution in [2.45, 2.75) is 20.4 Å². The minimum Gasteiger partial charge on any atom is -0.494 e. The zero-order chi connectivity index (χ0) is 20.9. The summed E-state index contributed by atoms with van der Waals surface area (Å²) in [5.41, 5.74) is 2.81. The molecular weight excluding hydrogens is 380 g/mol. The molecule has 0 atom stereocenters. The van der Waals surface area contributed by atoms with Crippen LogP contribution in [0.1, 0.15) is 30.1 Å². The Morgan fingerprint density at radius 2 is 1.73 bits per heavy atom. The van der Waals surface area contributed by atoms with E-state index in [9.17, 15) is 4.79 Å². The van der Waals surface area contributed by atoms with Crippen LogP contribution in [0.2, 0.25) is 0 Å². The van der Waals surface area contributed by atoms with Crippen LogP contribution in [0.5, 0.6) is 5.75 Å². The number of nitrogens with zero attached hydrogens (tertiary/aromatic N) is 4. The molecule has 2 aromatic carbocycles. The molecule has 0 radical (unpaired) electrons. The van der Waals surface area contributed by atoms with Gasteiger partial charge >= 0.3 is 0 Å². The largest absolute Gasteiger partial charge is 0.494 e. The fourth-order valence-corrected chi connectivity index (χ4v) is 3.57. The predicted octanol–water partition coefficient (Wildman–Crippen LogP) is 3.66. The van der Waals surface area contributed by atoms with Gasteiger partial charge in [0.05, 0.1) is 13.2 Å². The minimum absolute atomic E-state index is 0.0931. The summed E-state index contributed by atoms with van der Waals surface area (Å²) >= 11 is 0. The van der Waals surface area contributed by atoms with E-state index in [2.05, 4.69) is 19.9 Å². The van der Waals surface area contributed by atoms with Crippen molar-refractivity contribution in [2.24, 2.45) is 0 Å². The van der Waals surface area contributed by atoms with Gasteiger partial charge in [0.15, 0.2) is 5.78 Å². The fourth-order valence-electron chi connectivity index (χ4n) is 3.57. The number of Topliss-reactive ketones (excluding diaryl/α,β-unsaturated/α-hetero) is 1. The normalized spacial score (nSPS) is 14.7. The van der Waals surface area contributed by atoms with Crippen LogP contribution in [0.15, 0.2) is 53.1 Å². The van der Waals surface area contributed by atoms with Gasteiger partial charge in [-0.25, -0.2) is 0 Å². The van der Waals surface area contributed by atoms with Crippen LogP contribution in [-0.4, -0.2) is 53.6 Å². The number of aromatic nitrogens is 2. The van der Waals surface area contributed by atoms with Crippen molar-refractivity contribution < 1.29 is 14.1 Å². The molecule has 1 aliphatic rings. The first-order valence-corrected chi connectivity index (χ1v) is 10.3. The van der Waals surface area contributed by atoms with Gasteiger partial charge in [-0.2, -0.15) is 4.98 Å². The SMILES string of the molecule is CCOc1ccc(-c2noc(CN3CCN(c4ccc(C(C)=O)cc4)CC3)n2)cc1. The van der Waals surface area contributed by atoms with E-state index in [1.807, 2.05) is 55.5 Å². The number of carbonyl (C=O) groups excluding carboxylic acids is 1. The quantitative estimate of drug-likeness (QED) is 0.555. The smallest absolute Gasteiger partial charge is 0.241 e. The summed E-state index contributed by atoms with van der Waals surface area (Å²) in [4.78, 5) is 20.6. The number of piperazine rings is 1. The lowest BCUT2D eigenvalue weighted by molar-refractivity contribution is 0.101. The third kappa shape index (κ3) is 4.68. The molecule has 1 saturated heterocycles. The van der Waals surface area contributed by atoms with E-state index in [0.29, 0.717) is 24.9 Å². The third-order valence-corrected chi connectivity index (χ3v) is 5.26. The highest BCUT2D eigenvalue weighted by molar-refractivity contribution is 5.94. The van der Waals surface area contributed by atoms with Gasteiger partial charge in [0.1, 0.15) is 5.75 Å². The Balaban J connectivity index is 1.31. The summed E-state index contributed by atoms with van der Waals surface area (Å²) in [6, 6.07) is 15.5. The minimum atomic E-state index is 0.0931. The van der Waals surface area contributed by atoms with Gasteiger partial charge in [0.25, 0.3) is 0 Å². The molecule has 0 bridgehead atoms. The maximum atomic E-state index is 11.4. The van der Waals surface area contributed by atoms with E-state index < -0.39 is 0 Å². The molecule has 30 heavy (non-hydrogen) atoms. The molecule has 1 fully saturated rings. The number of rotatable bonds is 7. The van der Waals surface area contributed by atoms with Gasteiger partial charge in [-0.15, -0.1) is 0 Å². The van der Waals surface area contributed by atoms with Crippen molar-refractivity contribution in [1.29, 1.82) is 0 Å². The summed E-state index contributed by atoms with van der Waals surface area (Å²) in [6.45, 7) is 8.49. The Bertz CT molecular complexity index is 974. The van der Waals surface area contributed by atoms with Gasteiger partial charge < -0.3 is 14.2 Å². The molecule has 156 valence electrons. The van der Waals surface area contributed by atoms with Crippen LogP contribution in [0.3, 0.4) is 0 Å². The average molecular weight is 406 g/mol. The third-order valence-electron chi connectivity index (χ3n) is 5.26. The monoisotopic (exact) mass is 406 g/mol. The van der Waals surface area contributed by atoms with Gasteiger partial charge in [-0.05, 0) is 62.4 Å². The number of carbonyl (C=O) groups is 1. The van der Waals surface area contributed by atoms with Crippen LogP contribution >= 0.6 is 0 Å². The van der Waals surface area contributed by atoms with Gasteiger partial charge in [-0.1, -0.05) is 5.16 Å². The molecule has 4 rings (SSSR count). The molecule has 0 unspecified atom stereocenters. The molecular formula is C23H26N4O3. The van der Waals surface area contributed by atoms with Gasteiger partial charge in [0, 0.05) is 43.0 Å². The van der Waals surface area contributed by atoms with Crippen LogP contribution < -0.4 is 9.64 Å². The second-order valence-corrected chi connectivity index (χ2v) is 7.34. The molecule has 1 aromatic heterocycles. The van der Waals surface area contributed by atoms with Crippen molar-refractivity contribution in [2.75, 3.05) is 37.7 Å². The second kappa shape index (κ2) is 9.09. The highest BCUT2D eigenvalue weighted by atomic mass is 16.5. The number of benzene rings is 2. The number of ether oxygens (including phenoxy) is 1. The lowest BCUT2D eigenvalue weighted by Gasteiger charge is -2.35. The number of ketones is 1. The number of hydrogen-bond donors (Lipinski definition) is 0. The van der Waals surface area contributed by atoms with E-state index in [1.54, 1.807) is 6.92 Å². The zero-order valence-corrected chi connectivity index (χ0v) is 17.4. The maximum absolute atomic E-state index is 11.4. The summed E-state index contributed by atoms with van der Waals surface area (Å²) in [7, 11) is 0. The first kappa shape index (κ1) is 20.1. The molecule has 2 heterocycles. The van der Waals surface area contributed by atoms with Crippen LogP contribution in [0.4, 0.5) is 5.69 Å². The van der Waals surface area contributed by atoms with E-state index in [4.69, 9.17) is 9.26 Å². The summed E-state index contributed by atoms with van der Waals surface area (Å²) in [5, 5.41) is 4.12. The highest BCUT2D eigenvalue weighted by Gasteiger charge is 2.20. The van der Waals surface area contributed by atoms with Crippen molar-refractivity contribution in [1.82, 2.24) is 15.0 Å². The van der Waals surface area contributed by atoms with Gasteiger partial charge in [-0.3, -0.25) is 9.69 Å². The van der Waals surface area contributed by atoms with E-state index in [0.717, 1.165) is 48.7 Å². The van der Waals surface area contributed by atoms with Crippen molar-refractivity contribution in [3.63, 3.8) is 0 Å². The summed E-state index contributed by atoms with van der Waals surface area (Å²) < 4.78 is 10.9. The van der Waals surface area contributed by atoms with Crippen molar-refractivity contribution in [3.05, 3.63) is 60.0 Å². The Morgan fingerprint density at radius 3 is 2.37 bits per heavy atom. The highest BCUT2D eigenvalue weighted by Crippen LogP contribution is 2.21. The van der Waals surface area contributed by atoms with Crippen LogP contribution in [-0.2, 0) is 6.54 Å². The van der Waals surface area contributed by atoms with Crippen molar-refractivity contribution >= 4 is 11.5 Å². The van der Waals surface area contributed by atoms with E-state index in [1.165, 1.54) is 0 Å². The van der Waals surface area contributed by atoms with Crippen LogP contribution in [0.25, 0.3) is 11.4 Å². The Morgan fingerprint density at radius 1 is 1.03 bits per heavy atom. The average Bonchev–Trinajstić information content (AvgIpc) is 3.23. The van der Waals surface area contributed by atoms with Crippen molar-refractivity contribution in [3.8, 4) is 17.1 Å². The van der Waals surface area contributed by atoms with E-state index in [-0.39, 0.29) is 5.78 Å². The number of hydrogen-bond acceptors (Lipinski definition) is 7. The second-order valence-electron chi connectivity index (χ2n) is 7.34. The molecule has 0 aliphatic carbocycles. The lowest BCUT2D eigenvalue weighted by Crippen LogP contribution is -2.46. The Kier molecular flexibility index (Phi) is 6.09. The number of anilines is 1. The standard InChI is InChI=1S/C23H26N4O3/c1-3-29-21-10-6-19(7-11-21)23-24-22(30-25-23)16-26-12-14-27(15-13-26)20-8-4-18(5-9-20)17(2)28/h4-11H,3,12-16H2,1-2H3. The molecule has 7 heteroatoms. The van der Waals surface area contributed by atoms with Gasteiger partial charge in [0.2, 0.25) is 11.7 Å². The zero-order valence-electron chi connectivity index (χ0n) is 17.4. The molecule has 3 aromatic rings. The maximum Gasteiger partial charge on any atom is 0.241 e. The summed E-state index contributed by atoms with van der Waals surface area (Å²) in [6.07, 6.45) is 0. The lowest BCUT2D eigenvalue weighted by atomic mass is 10.1. The Hall–Kier alpha value is -3.19. The summed E-state index contributed by atoms with van der Waals surface area (Å²) in [5.74, 6) is 2.14. The van der Waals surface area contributed by atoms with E-state index >= 15 is 0 Å². The molecule has 0 N–H and O–H groups in total. The fraction of sp³-hybridized carbons (Fsp3) is 0.348. The molecule has 0 amide bonds. The molecule has 0 spiro atoms. The first-order valence-electron chi connectivity index (χ1n) is 10.3. The Labute approximate surface area is 176 Å². The van der Waals surface area contributed by atoms with Crippen LogP contribution in [0, 0.1) is 0 Å². The first-order chi connectivity index (χ1) is 14.6. The predicted molar refractivity (Wildman–Crippen MR) is 115 cm³/mol. The molecule has 1 aliphatic heterocycles.